The molecule has 0 spiro atoms. The Morgan fingerprint density at radius 3 is 2.53 bits per heavy atom. The van der Waals surface area contributed by atoms with Gasteiger partial charge >= 0.3 is 0 Å². The Morgan fingerprint density at radius 2 is 2.00 bits per heavy atom. The molecule has 0 aliphatic heterocycles. The highest BCUT2D eigenvalue weighted by Crippen LogP contribution is 2.33. The molecular weight excluding hydrogens is 236 g/mol. The van der Waals surface area contributed by atoms with Gasteiger partial charge < -0.3 is 5.73 Å². The number of sulfonamides is 1. The molecule has 94 valence electrons. The van der Waals surface area contributed by atoms with E-state index in [0.717, 1.165) is 19.3 Å². The lowest BCUT2D eigenvalue weighted by molar-refractivity contribution is 0.403. The van der Waals surface area contributed by atoms with E-state index in [0.29, 0.717) is 12.2 Å². The van der Waals surface area contributed by atoms with Crippen LogP contribution in [-0.2, 0) is 10.0 Å². The summed E-state index contributed by atoms with van der Waals surface area (Å²) in [5.74, 6) is 0. The number of nitrogen functional groups attached to an aromatic ring is 1. The summed E-state index contributed by atoms with van der Waals surface area (Å²) >= 11 is 0. The highest BCUT2D eigenvalue weighted by atomic mass is 32.2. The lowest BCUT2D eigenvalue weighted by Crippen LogP contribution is -2.34. The van der Waals surface area contributed by atoms with Crippen LogP contribution >= 0.6 is 0 Å². The zero-order valence-electron chi connectivity index (χ0n) is 9.96. The van der Waals surface area contributed by atoms with Gasteiger partial charge in [-0.1, -0.05) is 19.1 Å². The average Bonchev–Trinajstić information content (AvgIpc) is 3.10. The topological polar surface area (TPSA) is 63.4 Å². The predicted molar refractivity (Wildman–Crippen MR) is 68.1 cm³/mol. The van der Waals surface area contributed by atoms with Gasteiger partial charge in [0.05, 0.1) is 5.69 Å². The van der Waals surface area contributed by atoms with Crippen molar-refractivity contribution in [3.8, 4) is 0 Å². The molecule has 2 N–H and O–H groups in total. The third-order valence-corrected chi connectivity index (χ3v) is 4.93. The van der Waals surface area contributed by atoms with Crippen LogP contribution in [0.15, 0.2) is 29.2 Å². The van der Waals surface area contributed by atoms with Crippen LogP contribution in [0.25, 0.3) is 0 Å². The predicted octanol–water partition coefficient (Wildman–Crippen LogP) is 1.83. The van der Waals surface area contributed by atoms with Gasteiger partial charge in [-0.15, -0.1) is 0 Å². The number of hydrogen-bond acceptors (Lipinski definition) is 3. The van der Waals surface area contributed by atoms with Crippen molar-refractivity contribution in [3.05, 3.63) is 24.3 Å². The molecule has 1 fully saturated rings. The fourth-order valence-electron chi connectivity index (χ4n) is 1.92. The van der Waals surface area contributed by atoms with Gasteiger partial charge in [0.2, 0.25) is 10.0 Å². The molecule has 1 aromatic rings. The zero-order valence-corrected chi connectivity index (χ0v) is 10.8. The van der Waals surface area contributed by atoms with E-state index < -0.39 is 10.0 Å². The Bertz CT molecular complexity index is 495. The van der Waals surface area contributed by atoms with Crippen LogP contribution in [0.5, 0.6) is 0 Å². The maximum absolute atomic E-state index is 12.5. The van der Waals surface area contributed by atoms with Crippen molar-refractivity contribution in [2.75, 3.05) is 12.3 Å². The smallest absolute Gasteiger partial charge is 0.245 e. The SMILES string of the molecule is CCCN(C1CC1)S(=O)(=O)c1ccccc1N. The quantitative estimate of drug-likeness (QED) is 0.815. The van der Waals surface area contributed by atoms with E-state index in [2.05, 4.69) is 0 Å². The molecule has 5 heteroatoms. The van der Waals surface area contributed by atoms with Gasteiger partial charge in [0.25, 0.3) is 0 Å². The molecule has 1 saturated carbocycles. The lowest BCUT2D eigenvalue weighted by Gasteiger charge is -2.21. The number of rotatable bonds is 5. The average molecular weight is 254 g/mol. The number of nitrogens with two attached hydrogens (primary N) is 1. The van der Waals surface area contributed by atoms with Gasteiger partial charge in [0.15, 0.2) is 0 Å². The molecule has 1 aliphatic rings. The van der Waals surface area contributed by atoms with Crippen molar-refractivity contribution in [2.45, 2.75) is 37.1 Å². The molecule has 0 amide bonds. The number of hydrogen-bond donors (Lipinski definition) is 1. The van der Waals surface area contributed by atoms with E-state index in [1.807, 2.05) is 6.92 Å². The second kappa shape index (κ2) is 4.66. The van der Waals surface area contributed by atoms with Gasteiger partial charge in [-0.2, -0.15) is 4.31 Å². The van der Waals surface area contributed by atoms with Crippen LogP contribution in [-0.4, -0.2) is 25.3 Å². The van der Waals surface area contributed by atoms with E-state index in [1.54, 1.807) is 28.6 Å². The molecule has 1 aliphatic carbocycles. The minimum Gasteiger partial charge on any atom is -0.398 e. The van der Waals surface area contributed by atoms with Crippen LogP contribution in [0.4, 0.5) is 5.69 Å². The summed E-state index contributed by atoms with van der Waals surface area (Å²) in [6.45, 7) is 2.56. The Hall–Kier alpha value is -1.07. The molecule has 4 nitrogen and oxygen atoms in total. The third kappa shape index (κ3) is 2.45. The van der Waals surface area contributed by atoms with Gasteiger partial charge in [-0.3, -0.25) is 0 Å². The van der Waals surface area contributed by atoms with Crippen molar-refractivity contribution in [3.63, 3.8) is 0 Å². The van der Waals surface area contributed by atoms with Crippen LogP contribution in [0.2, 0.25) is 0 Å². The summed E-state index contributed by atoms with van der Waals surface area (Å²) in [5.41, 5.74) is 6.08. The molecule has 0 saturated heterocycles. The summed E-state index contributed by atoms with van der Waals surface area (Å²) in [7, 11) is -3.42. The van der Waals surface area contributed by atoms with Crippen molar-refractivity contribution in [2.24, 2.45) is 0 Å². The van der Waals surface area contributed by atoms with Crippen molar-refractivity contribution >= 4 is 15.7 Å². The summed E-state index contributed by atoms with van der Waals surface area (Å²) in [5, 5.41) is 0. The molecule has 1 aromatic carbocycles. The maximum Gasteiger partial charge on any atom is 0.245 e. The van der Waals surface area contributed by atoms with Crippen molar-refractivity contribution in [1.29, 1.82) is 0 Å². The molecule has 0 bridgehead atoms. The van der Waals surface area contributed by atoms with E-state index in [1.165, 1.54) is 0 Å². The number of benzene rings is 1. The minimum atomic E-state index is -3.42. The molecular formula is C12H18N2O2S. The fourth-order valence-corrected chi connectivity index (χ4v) is 3.82. The molecule has 0 heterocycles. The Balaban J connectivity index is 2.37. The highest BCUT2D eigenvalue weighted by Gasteiger charge is 2.37. The van der Waals surface area contributed by atoms with Gasteiger partial charge in [-0.05, 0) is 31.4 Å². The first kappa shape index (κ1) is 12.4. The minimum absolute atomic E-state index is 0.180. The summed E-state index contributed by atoms with van der Waals surface area (Å²) in [6.07, 6.45) is 2.75. The van der Waals surface area contributed by atoms with Crippen LogP contribution in [0.3, 0.4) is 0 Å². The Kier molecular flexibility index (Phi) is 3.40. The molecule has 0 aromatic heterocycles. The van der Waals surface area contributed by atoms with Gasteiger partial charge in [0.1, 0.15) is 4.90 Å². The zero-order chi connectivity index (χ0) is 12.5. The molecule has 0 atom stereocenters. The molecule has 2 rings (SSSR count). The first-order valence-corrected chi connectivity index (χ1v) is 7.37. The normalized spacial score (nSPS) is 16.4. The van der Waals surface area contributed by atoms with E-state index in [9.17, 15) is 8.42 Å². The first-order chi connectivity index (χ1) is 8.07. The third-order valence-electron chi connectivity index (χ3n) is 2.90. The van der Waals surface area contributed by atoms with E-state index >= 15 is 0 Å². The number of para-hydroxylation sites is 1. The van der Waals surface area contributed by atoms with Gasteiger partial charge in [0, 0.05) is 12.6 Å². The highest BCUT2D eigenvalue weighted by molar-refractivity contribution is 7.89. The Morgan fingerprint density at radius 1 is 1.35 bits per heavy atom. The number of anilines is 1. The van der Waals surface area contributed by atoms with E-state index in [4.69, 9.17) is 5.73 Å². The summed E-state index contributed by atoms with van der Waals surface area (Å²) < 4.78 is 26.5. The lowest BCUT2D eigenvalue weighted by atomic mass is 10.3. The Labute approximate surface area is 102 Å². The molecule has 0 unspecified atom stereocenters. The first-order valence-electron chi connectivity index (χ1n) is 5.93. The number of nitrogens with zero attached hydrogens (tertiary/aromatic N) is 1. The molecule has 0 radical (unpaired) electrons. The van der Waals surface area contributed by atoms with Gasteiger partial charge in [-0.25, -0.2) is 8.42 Å². The largest absolute Gasteiger partial charge is 0.398 e. The second-order valence-corrected chi connectivity index (χ2v) is 6.24. The van der Waals surface area contributed by atoms with Crippen molar-refractivity contribution < 1.29 is 8.42 Å². The standard InChI is InChI=1S/C12H18N2O2S/c1-2-9-14(10-7-8-10)17(15,16)12-6-4-3-5-11(12)13/h3-6,10H,2,7-9,13H2,1H3. The summed E-state index contributed by atoms with van der Waals surface area (Å²) in [4.78, 5) is 0.236. The van der Waals surface area contributed by atoms with Crippen molar-refractivity contribution in [1.82, 2.24) is 4.31 Å². The van der Waals surface area contributed by atoms with E-state index in [-0.39, 0.29) is 10.9 Å². The fraction of sp³-hybridized carbons (Fsp3) is 0.500. The maximum atomic E-state index is 12.5. The monoisotopic (exact) mass is 254 g/mol. The molecule has 17 heavy (non-hydrogen) atoms. The van der Waals surface area contributed by atoms with Crippen LogP contribution in [0, 0.1) is 0 Å². The van der Waals surface area contributed by atoms with Crippen LogP contribution < -0.4 is 5.73 Å². The summed E-state index contributed by atoms with van der Waals surface area (Å²) in [6, 6.07) is 6.84. The van der Waals surface area contributed by atoms with Crippen LogP contribution in [0.1, 0.15) is 26.2 Å². The second-order valence-electron chi connectivity index (χ2n) is 4.38.